The summed E-state index contributed by atoms with van der Waals surface area (Å²) in [4.78, 5) is 11.1. The molecule has 0 amide bonds. The molecule has 0 saturated carbocycles. The lowest BCUT2D eigenvalue weighted by Gasteiger charge is -2.08. The Balaban J connectivity index is 2.73. The lowest BCUT2D eigenvalue weighted by molar-refractivity contribution is -0.139. The van der Waals surface area contributed by atoms with E-state index in [0.29, 0.717) is 11.3 Å². The number of aliphatic hydroxyl groups excluding tert-OH is 1. The number of aliphatic hydroxyl groups is 1. The highest BCUT2D eigenvalue weighted by molar-refractivity contribution is 7.93. The normalized spacial score (nSPS) is 11.0. The predicted octanol–water partition coefficient (Wildman–Crippen LogP) is 0.484. The van der Waals surface area contributed by atoms with E-state index in [-0.39, 0.29) is 13.2 Å². The van der Waals surface area contributed by atoms with E-state index < -0.39 is 21.7 Å². The second-order valence-electron chi connectivity index (χ2n) is 3.52. The molecule has 7 heteroatoms. The zero-order valence-electron chi connectivity index (χ0n) is 9.92. The molecule has 100 valence electrons. The highest BCUT2D eigenvalue weighted by atomic mass is 32.2. The maximum Gasteiger partial charge on any atom is 0.323 e. The maximum atomic E-state index is 11.6. The Labute approximate surface area is 106 Å². The average molecular weight is 273 g/mol. The Hall–Kier alpha value is -1.60. The fourth-order valence-electron chi connectivity index (χ4n) is 1.31. The summed E-state index contributed by atoms with van der Waals surface area (Å²) in [5.74, 6) is -1.53. The van der Waals surface area contributed by atoms with Gasteiger partial charge in [0, 0.05) is 5.69 Å². The minimum Gasteiger partial charge on any atom is -0.465 e. The second-order valence-corrected chi connectivity index (χ2v) is 5.25. The molecule has 6 nitrogen and oxygen atoms in total. The average Bonchev–Trinajstić information content (AvgIpc) is 2.28. The number of rotatable bonds is 6. The summed E-state index contributed by atoms with van der Waals surface area (Å²) < 4.78 is 30.0. The summed E-state index contributed by atoms with van der Waals surface area (Å²) in [5, 5.41) is 8.92. The molecule has 0 radical (unpaired) electrons. The third kappa shape index (κ3) is 4.72. The van der Waals surface area contributed by atoms with Gasteiger partial charge in [0.2, 0.25) is 10.0 Å². The molecule has 0 aliphatic rings. The fourth-order valence-corrected chi connectivity index (χ4v) is 2.26. The molecule has 0 aliphatic carbocycles. The van der Waals surface area contributed by atoms with E-state index in [9.17, 15) is 13.2 Å². The van der Waals surface area contributed by atoms with Gasteiger partial charge in [0.15, 0.2) is 5.75 Å². The van der Waals surface area contributed by atoms with Gasteiger partial charge in [-0.1, -0.05) is 12.1 Å². The Bertz CT molecular complexity index is 512. The van der Waals surface area contributed by atoms with Crippen LogP contribution in [0, 0.1) is 0 Å². The molecule has 1 aromatic carbocycles. The molecule has 1 aromatic rings. The topological polar surface area (TPSA) is 92.7 Å². The van der Waals surface area contributed by atoms with Crippen molar-refractivity contribution in [2.24, 2.45) is 0 Å². The zero-order valence-corrected chi connectivity index (χ0v) is 10.7. The Morgan fingerprint density at radius 3 is 2.78 bits per heavy atom. The van der Waals surface area contributed by atoms with E-state index in [1.807, 2.05) is 0 Å². The molecule has 0 aliphatic heterocycles. The minimum atomic E-state index is -3.79. The molecule has 2 N–H and O–H groups in total. The molecular formula is C11H15NO5S. The number of hydrogen-bond donors (Lipinski definition) is 2. The van der Waals surface area contributed by atoms with Gasteiger partial charge >= 0.3 is 5.97 Å². The van der Waals surface area contributed by atoms with Gasteiger partial charge in [0.1, 0.15) is 0 Å². The molecule has 1 rings (SSSR count). The van der Waals surface area contributed by atoms with Crippen LogP contribution >= 0.6 is 0 Å². The van der Waals surface area contributed by atoms with Crippen molar-refractivity contribution in [3.63, 3.8) is 0 Å². The monoisotopic (exact) mass is 273 g/mol. The van der Waals surface area contributed by atoms with Gasteiger partial charge in [-0.25, -0.2) is 8.42 Å². The molecule has 0 bridgehead atoms. The van der Waals surface area contributed by atoms with Crippen LogP contribution in [-0.4, -0.2) is 31.9 Å². The number of esters is 1. The molecule has 0 fully saturated rings. The van der Waals surface area contributed by atoms with Crippen LogP contribution in [0.4, 0.5) is 5.69 Å². The Morgan fingerprint density at radius 1 is 1.44 bits per heavy atom. The highest BCUT2D eigenvalue weighted by Gasteiger charge is 2.17. The first-order valence-corrected chi connectivity index (χ1v) is 6.98. The molecular weight excluding hydrogens is 258 g/mol. The zero-order chi connectivity index (χ0) is 13.6. The summed E-state index contributed by atoms with van der Waals surface area (Å²) in [7, 11) is -3.79. The van der Waals surface area contributed by atoms with E-state index in [4.69, 9.17) is 5.11 Å². The highest BCUT2D eigenvalue weighted by Crippen LogP contribution is 2.12. The van der Waals surface area contributed by atoms with Crippen LogP contribution in [0.3, 0.4) is 0 Å². The third-order valence-corrected chi connectivity index (χ3v) is 3.16. The van der Waals surface area contributed by atoms with Gasteiger partial charge in [-0.15, -0.1) is 0 Å². The Morgan fingerprint density at radius 2 is 2.17 bits per heavy atom. The van der Waals surface area contributed by atoms with Crippen molar-refractivity contribution in [2.75, 3.05) is 17.1 Å². The van der Waals surface area contributed by atoms with Crippen molar-refractivity contribution >= 4 is 21.7 Å². The number of sulfonamides is 1. The first kappa shape index (κ1) is 14.5. The quantitative estimate of drug-likeness (QED) is 0.736. The van der Waals surface area contributed by atoms with E-state index in [1.165, 1.54) is 12.1 Å². The summed E-state index contributed by atoms with van der Waals surface area (Å²) in [6, 6.07) is 6.28. The number of carbonyl (C=O) groups excluding carboxylic acids is 1. The maximum absolute atomic E-state index is 11.6. The fraction of sp³-hybridized carbons (Fsp3) is 0.364. The van der Waals surface area contributed by atoms with Crippen LogP contribution in [0.25, 0.3) is 0 Å². The van der Waals surface area contributed by atoms with Crippen molar-refractivity contribution in [3.8, 4) is 0 Å². The molecule has 0 spiro atoms. The summed E-state index contributed by atoms with van der Waals surface area (Å²) >= 11 is 0. The van der Waals surface area contributed by atoms with Gasteiger partial charge < -0.3 is 9.84 Å². The standard InChI is InChI=1S/C11H15NO5S/c1-2-17-11(14)8-18(15,16)12-10-5-3-4-9(6-10)7-13/h3-6,12-13H,2,7-8H2,1H3. The lowest BCUT2D eigenvalue weighted by Crippen LogP contribution is -2.24. The molecule has 0 heterocycles. The van der Waals surface area contributed by atoms with Crippen molar-refractivity contribution in [2.45, 2.75) is 13.5 Å². The SMILES string of the molecule is CCOC(=O)CS(=O)(=O)Nc1cccc(CO)c1. The number of hydrogen-bond acceptors (Lipinski definition) is 5. The lowest BCUT2D eigenvalue weighted by atomic mass is 10.2. The minimum absolute atomic E-state index is 0.133. The number of nitrogens with one attached hydrogen (secondary N) is 1. The van der Waals surface area contributed by atoms with Crippen LogP contribution in [0.15, 0.2) is 24.3 Å². The van der Waals surface area contributed by atoms with Gasteiger partial charge in [0.05, 0.1) is 13.2 Å². The first-order chi connectivity index (χ1) is 8.46. The third-order valence-electron chi connectivity index (χ3n) is 2.00. The number of benzene rings is 1. The van der Waals surface area contributed by atoms with Gasteiger partial charge in [-0.2, -0.15) is 0 Å². The predicted molar refractivity (Wildman–Crippen MR) is 66.4 cm³/mol. The van der Waals surface area contributed by atoms with E-state index >= 15 is 0 Å². The van der Waals surface area contributed by atoms with E-state index in [1.54, 1.807) is 19.1 Å². The van der Waals surface area contributed by atoms with Gasteiger partial charge in [0.25, 0.3) is 0 Å². The van der Waals surface area contributed by atoms with Gasteiger partial charge in [-0.05, 0) is 24.6 Å². The van der Waals surface area contributed by atoms with Crippen LogP contribution in [-0.2, 0) is 26.2 Å². The molecule has 0 atom stereocenters. The van der Waals surface area contributed by atoms with Crippen molar-refractivity contribution < 1.29 is 23.1 Å². The van der Waals surface area contributed by atoms with Crippen molar-refractivity contribution in [3.05, 3.63) is 29.8 Å². The second kappa shape index (κ2) is 6.36. The number of ether oxygens (including phenoxy) is 1. The molecule has 0 saturated heterocycles. The smallest absolute Gasteiger partial charge is 0.323 e. The van der Waals surface area contributed by atoms with Crippen LogP contribution < -0.4 is 4.72 Å². The molecule has 0 aromatic heterocycles. The van der Waals surface area contributed by atoms with Crippen LogP contribution in [0.2, 0.25) is 0 Å². The first-order valence-electron chi connectivity index (χ1n) is 5.32. The van der Waals surface area contributed by atoms with Crippen LogP contribution in [0.5, 0.6) is 0 Å². The molecule has 18 heavy (non-hydrogen) atoms. The van der Waals surface area contributed by atoms with Gasteiger partial charge in [-0.3, -0.25) is 9.52 Å². The van der Waals surface area contributed by atoms with E-state index in [2.05, 4.69) is 9.46 Å². The molecule has 0 unspecified atom stereocenters. The summed E-state index contributed by atoms with van der Waals surface area (Å²) in [5.41, 5.74) is 0.872. The summed E-state index contributed by atoms with van der Waals surface area (Å²) in [6.45, 7) is 1.55. The van der Waals surface area contributed by atoms with Crippen LogP contribution in [0.1, 0.15) is 12.5 Å². The number of carbonyl (C=O) groups is 1. The summed E-state index contributed by atoms with van der Waals surface area (Å²) in [6.07, 6.45) is 0. The van der Waals surface area contributed by atoms with Crippen molar-refractivity contribution in [1.29, 1.82) is 0 Å². The van der Waals surface area contributed by atoms with Crippen molar-refractivity contribution in [1.82, 2.24) is 0 Å². The number of anilines is 1. The largest absolute Gasteiger partial charge is 0.465 e. The Kier molecular flexibility index (Phi) is 5.11. The van der Waals surface area contributed by atoms with E-state index in [0.717, 1.165) is 0 Å².